The van der Waals surface area contributed by atoms with E-state index in [0.29, 0.717) is 24.3 Å². The van der Waals surface area contributed by atoms with Crippen molar-refractivity contribution in [2.45, 2.75) is 19.5 Å². The van der Waals surface area contributed by atoms with Crippen molar-refractivity contribution in [2.75, 3.05) is 13.7 Å². The number of urea groups is 1. The summed E-state index contributed by atoms with van der Waals surface area (Å²) in [6.07, 6.45) is 0.329. The lowest BCUT2D eigenvalue weighted by molar-refractivity contribution is -0.108. The molecule has 0 radical (unpaired) electrons. The minimum Gasteiger partial charge on any atom is -0.497 e. The average Bonchev–Trinajstić information content (AvgIpc) is 3.37. The molecule has 188 valence electrons. The van der Waals surface area contributed by atoms with Gasteiger partial charge < -0.3 is 15.0 Å². The van der Waals surface area contributed by atoms with E-state index >= 15 is 0 Å². The molecule has 4 aromatic rings. The topological polar surface area (TPSA) is 106 Å². The summed E-state index contributed by atoms with van der Waals surface area (Å²) in [4.78, 5) is 37.8. The van der Waals surface area contributed by atoms with E-state index in [-0.39, 0.29) is 12.5 Å². The van der Waals surface area contributed by atoms with Crippen LogP contribution in [0.3, 0.4) is 0 Å². The highest BCUT2D eigenvalue weighted by Gasteiger charge is 2.30. The molecule has 5 rings (SSSR count). The van der Waals surface area contributed by atoms with Gasteiger partial charge in [0, 0.05) is 31.1 Å². The summed E-state index contributed by atoms with van der Waals surface area (Å²) < 4.78 is 7.13. The molecule has 0 saturated heterocycles. The van der Waals surface area contributed by atoms with Crippen LogP contribution in [0.2, 0.25) is 0 Å². The van der Waals surface area contributed by atoms with Crippen LogP contribution in [0.1, 0.15) is 33.2 Å². The van der Waals surface area contributed by atoms with E-state index in [1.807, 2.05) is 55.1 Å². The largest absolute Gasteiger partial charge is 0.497 e. The molecule has 0 fully saturated rings. The molecule has 1 aliphatic heterocycles. The van der Waals surface area contributed by atoms with Crippen molar-refractivity contribution in [3.8, 4) is 16.9 Å². The number of aromatic nitrogens is 2. The Morgan fingerprint density at radius 2 is 1.86 bits per heavy atom. The highest BCUT2D eigenvalue weighted by molar-refractivity contribution is 5.98. The zero-order chi connectivity index (χ0) is 26.1. The van der Waals surface area contributed by atoms with E-state index in [9.17, 15) is 14.4 Å². The van der Waals surface area contributed by atoms with E-state index in [2.05, 4.69) is 33.9 Å². The summed E-state index contributed by atoms with van der Waals surface area (Å²) in [5.74, 6) is 0.484. The van der Waals surface area contributed by atoms with Gasteiger partial charge in [0.25, 0.3) is 5.91 Å². The Balaban J connectivity index is 1.40. The van der Waals surface area contributed by atoms with Crippen LogP contribution in [0.5, 0.6) is 5.75 Å². The standard InChI is InChI=1S/C28H27N5O4/c1-17-23-12-20(9-11-26(23)32(2)31-17)18-4-6-19(7-5-18)25(30-28(36)29-16-34)15-33-14-21-8-10-22(37-3)13-24(21)27(33)35/h4-13,16,25H,14-15H2,1-3H3,(H2,29,30,34,36)/t25-/m0/s1. The van der Waals surface area contributed by atoms with Crippen molar-refractivity contribution < 1.29 is 19.1 Å². The molecule has 1 aliphatic rings. The molecule has 1 aromatic heterocycles. The zero-order valence-electron chi connectivity index (χ0n) is 20.8. The lowest BCUT2D eigenvalue weighted by atomic mass is 9.99. The predicted octanol–water partition coefficient (Wildman–Crippen LogP) is 3.71. The Kier molecular flexibility index (Phi) is 6.35. The Labute approximate surface area is 214 Å². The number of imide groups is 1. The number of nitrogens with zero attached hydrogens (tertiary/aromatic N) is 3. The third-order valence-corrected chi connectivity index (χ3v) is 6.78. The van der Waals surface area contributed by atoms with Crippen molar-refractivity contribution >= 4 is 29.3 Å². The van der Waals surface area contributed by atoms with E-state index in [1.54, 1.807) is 18.1 Å². The SMILES string of the molecule is COc1ccc2c(c1)C(=O)N(C[C@H](NC(=O)NC=O)c1ccc(-c3ccc4c(c3)c(C)nn4C)cc1)C2. The molecule has 0 spiro atoms. The quantitative estimate of drug-likeness (QED) is 0.379. The third-order valence-electron chi connectivity index (χ3n) is 6.78. The molecular formula is C28H27N5O4. The maximum atomic E-state index is 13.1. The monoisotopic (exact) mass is 497 g/mol. The van der Waals surface area contributed by atoms with Gasteiger partial charge >= 0.3 is 6.03 Å². The molecule has 3 aromatic carbocycles. The zero-order valence-corrected chi connectivity index (χ0v) is 20.8. The Bertz CT molecular complexity index is 1510. The van der Waals surface area contributed by atoms with Crippen molar-refractivity contribution in [2.24, 2.45) is 7.05 Å². The Hall–Kier alpha value is -4.66. The van der Waals surface area contributed by atoms with Gasteiger partial charge in [-0.05, 0) is 53.4 Å². The summed E-state index contributed by atoms with van der Waals surface area (Å²) in [6, 6.07) is 18.3. The number of rotatable bonds is 7. The van der Waals surface area contributed by atoms with Gasteiger partial charge in [-0.2, -0.15) is 5.10 Å². The predicted molar refractivity (Wildman–Crippen MR) is 139 cm³/mol. The number of carbonyl (C=O) groups excluding carboxylic acids is 3. The van der Waals surface area contributed by atoms with Crippen LogP contribution < -0.4 is 15.4 Å². The van der Waals surface area contributed by atoms with Gasteiger partial charge in [-0.1, -0.05) is 36.4 Å². The van der Waals surface area contributed by atoms with E-state index < -0.39 is 12.1 Å². The molecule has 9 heteroatoms. The van der Waals surface area contributed by atoms with Crippen LogP contribution in [0.25, 0.3) is 22.0 Å². The normalized spacial score (nSPS) is 13.4. The van der Waals surface area contributed by atoms with Crippen LogP contribution in [0, 0.1) is 6.92 Å². The van der Waals surface area contributed by atoms with E-state index in [1.165, 1.54) is 0 Å². The molecule has 0 unspecified atom stereocenters. The number of hydrogen-bond donors (Lipinski definition) is 2. The lowest BCUT2D eigenvalue weighted by Gasteiger charge is -2.25. The second-order valence-electron chi connectivity index (χ2n) is 9.06. The van der Waals surface area contributed by atoms with Crippen molar-refractivity contribution in [1.82, 2.24) is 25.3 Å². The van der Waals surface area contributed by atoms with Crippen molar-refractivity contribution in [3.63, 3.8) is 0 Å². The molecule has 0 aliphatic carbocycles. The number of fused-ring (bicyclic) bond motifs is 2. The van der Waals surface area contributed by atoms with Gasteiger partial charge in [-0.3, -0.25) is 19.6 Å². The minimum absolute atomic E-state index is 0.131. The highest BCUT2D eigenvalue weighted by atomic mass is 16.5. The number of nitrogens with one attached hydrogen (secondary N) is 2. The third kappa shape index (κ3) is 4.63. The first kappa shape index (κ1) is 24.1. The van der Waals surface area contributed by atoms with E-state index in [4.69, 9.17) is 4.74 Å². The first-order valence-electron chi connectivity index (χ1n) is 11.9. The molecule has 1 atom stereocenters. The van der Waals surface area contributed by atoms with Gasteiger partial charge in [-0.25, -0.2) is 4.79 Å². The fourth-order valence-corrected chi connectivity index (χ4v) is 4.85. The average molecular weight is 498 g/mol. The number of methoxy groups -OCH3 is 1. The van der Waals surface area contributed by atoms with Crippen LogP contribution in [0.4, 0.5) is 4.79 Å². The maximum absolute atomic E-state index is 13.1. The second kappa shape index (κ2) is 9.77. The summed E-state index contributed by atoms with van der Waals surface area (Å²) in [6.45, 7) is 2.65. The molecule has 0 bridgehead atoms. The summed E-state index contributed by atoms with van der Waals surface area (Å²) >= 11 is 0. The Morgan fingerprint density at radius 3 is 2.59 bits per heavy atom. The van der Waals surface area contributed by atoms with Gasteiger partial charge in [0.15, 0.2) is 0 Å². The number of hydrogen-bond acceptors (Lipinski definition) is 5. The molecule has 0 saturated carbocycles. The summed E-state index contributed by atoms with van der Waals surface area (Å²) in [5.41, 5.74) is 6.40. The molecule has 2 N–H and O–H groups in total. The first-order chi connectivity index (χ1) is 17.9. The van der Waals surface area contributed by atoms with Gasteiger partial charge in [-0.15, -0.1) is 0 Å². The molecule has 9 nitrogen and oxygen atoms in total. The molecule has 37 heavy (non-hydrogen) atoms. The lowest BCUT2D eigenvalue weighted by Crippen LogP contribution is -2.42. The molecule has 4 amide bonds. The highest BCUT2D eigenvalue weighted by Crippen LogP contribution is 2.30. The van der Waals surface area contributed by atoms with Gasteiger partial charge in [0.1, 0.15) is 5.75 Å². The molecular weight excluding hydrogens is 470 g/mol. The Morgan fingerprint density at radius 1 is 1.11 bits per heavy atom. The molecule has 2 heterocycles. The van der Waals surface area contributed by atoms with Crippen molar-refractivity contribution in [1.29, 1.82) is 0 Å². The number of ether oxygens (including phenoxy) is 1. The van der Waals surface area contributed by atoms with Gasteiger partial charge in [0.2, 0.25) is 6.41 Å². The fraction of sp³-hybridized carbons (Fsp3) is 0.214. The minimum atomic E-state index is -0.632. The van der Waals surface area contributed by atoms with Crippen LogP contribution in [0.15, 0.2) is 60.7 Å². The smallest absolute Gasteiger partial charge is 0.321 e. The van der Waals surface area contributed by atoms with E-state index in [0.717, 1.165) is 38.9 Å². The number of amides is 4. The van der Waals surface area contributed by atoms with Crippen LogP contribution in [-0.4, -0.2) is 46.7 Å². The summed E-state index contributed by atoms with van der Waals surface area (Å²) in [5, 5.41) is 10.5. The summed E-state index contributed by atoms with van der Waals surface area (Å²) in [7, 11) is 3.49. The second-order valence-corrected chi connectivity index (χ2v) is 9.06. The van der Waals surface area contributed by atoms with Gasteiger partial charge in [0.05, 0.1) is 24.4 Å². The number of carbonyl (C=O) groups is 3. The maximum Gasteiger partial charge on any atom is 0.321 e. The van der Waals surface area contributed by atoms with Crippen LogP contribution in [-0.2, 0) is 18.4 Å². The fourth-order valence-electron chi connectivity index (χ4n) is 4.85. The number of benzene rings is 3. The van der Waals surface area contributed by atoms with Crippen LogP contribution >= 0.6 is 0 Å². The van der Waals surface area contributed by atoms with Crippen molar-refractivity contribution in [3.05, 3.63) is 83.0 Å². The number of aryl methyl sites for hydroxylation is 2. The first-order valence-corrected chi connectivity index (χ1v) is 11.9.